The van der Waals surface area contributed by atoms with Crippen LogP contribution in [0.25, 0.3) is 10.8 Å². The van der Waals surface area contributed by atoms with E-state index in [1.165, 1.54) is 22.8 Å². The Labute approximate surface area is 115 Å². The molecule has 2 nitrogen and oxygen atoms in total. The number of hydrogen-bond donors (Lipinski definition) is 1. The van der Waals surface area contributed by atoms with Crippen molar-refractivity contribution in [2.24, 2.45) is 5.73 Å². The zero-order chi connectivity index (χ0) is 13.2. The third-order valence-corrected chi connectivity index (χ3v) is 4.20. The summed E-state index contributed by atoms with van der Waals surface area (Å²) in [6.07, 6.45) is 2.29. The van der Waals surface area contributed by atoms with Crippen molar-refractivity contribution in [2.75, 3.05) is 13.1 Å². The van der Waals surface area contributed by atoms with Crippen molar-refractivity contribution in [3.8, 4) is 0 Å². The third kappa shape index (κ3) is 2.26. The number of hydrogen-bond acceptors (Lipinski definition) is 2. The van der Waals surface area contributed by atoms with E-state index in [1.807, 2.05) is 0 Å². The molecule has 0 aliphatic carbocycles. The van der Waals surface area contributed by atoms with Crippen molar-refractivity contribution in [1.29, 1.82) is 0 Å². The molecule has 2 unspecified atom stereocenters. The molecule has 0 saturated carbocycles. The monoisotopic (exact) mass is 254 g/mol. The highest BCUT2D eigenvalue weighted by atomic mass is 15.2. The van der Waals surface area contributed by atoms with Gasteiger partial charge >= 0.3 is 0 Å². The Morgan fingerprint density at radius 2 is 1.95 bits per heavy atom. The molecule has 0 bridgehead atoms. The van der Waals surface area contributed by atoms with E-state index >= 15 is 0 Å². The van der Waals surface area contributed by atoms with E-state index < -0.39 is 0 Å². The van der Waals surface area contributed by atoms with E-state index in [0.29, 0.717) is 6.04 Å². The van der Waals surface area contributed by atoms with Gasteiger partial charge in [-0.05, 0) is 35.7 Å². The topological polar surface area (TPSA) is 29.3 Å². The van der Waals surface area contributed by atoms with Crippen molar-refractivity contribution in [3.63, 3.8) is 0 Å². The molecule has 0 aromatic heterocycles. The summed E-state index contributed by atoms with van der Waals surface area (Å²) in [5.74, 6) is 0. The lowest BCUT2D eigenvalue weighted by molar-refractivity contribution is 0.249. The van der Waals surface area contributed by atoms with Crippen LogP contribution in [0.1, 0.15) is 31.4 Å². The van der Waals surface area contributed by atoms with Gasteiger partial charge in [0.1, 0.15) is 0 Å². The summed E-state index contributed by atoms with van der Waals surface area (Å²) in [6.45, 7) is 4.51. The second-order valence-electron chi connectivity index (χ2n) is 5.50. The molecule has 19 heavy (non-hydrogen) atoms. The van der Waals surface area contributed by atoms with Crippen LogP contribution in [0.3, 0.4) is 0 Å². The smallest absolute Gasteiger partial charge is 0.0505 e. The summed E-state index contributed by atoms with van der Waals surface area (Å²) in [5.41, 5.74) is 7.78. The summed E-state index contributed by atoms with van der Waals surface area (Å²) in [4.78, 5) is 2.55. The van der Waals surface area contributed by atoms with E-state index in [0.717, 1.165) is 19.5 Å². The van der Waals surface area contributed by atoms with Gasteiger partial charge in [-0.2, -0.15) is 0 Å². The fourth-order valence-corrected chi connectivity index (χ4v) is 3.36. The standard InChI is InChI=1S/C17H22N2/c1-2-11-19-12-10-16(18)17(19)15-9-5-7-13-6-3-4-8-14(13)15/h3-9,16-17H,2,10-12,18H2,1H3. The molecule has 1 aliphatic heterocycles. The maximum absolute atomic E-state index is 6.38. The van der Waals surface area contributed by atoms with E-state index in [9.17, 15) is 0 Å². The van der Waals surface area contributed by atoms with Crippen molar-refractivity contribution in [1.82, 2.24) is 4.90 Å². The van der Waals surface area contributed by atoms with Gasteiger partial charge in [0.15, 0.2) is 0 Å². The van der Waals surface area contributed by atoms with Gasteiger partial charge in [-0.1, -0.05) is 49.4 Å². The summed E-state index contributed by atoms with van der Waals surface area (Å²) in [7, 11) is 0. The summed E-state index contributed by atoms with van der Waals surface area (Å²) < 4.78 is 0. The van der Waals surface area contributed by atoms with Crippen LogP contribution < -0.4 is 5.73 Å². The van der Waals surface area contributed by atoms with Crippen molar-refractivity contribution in [3.05, 3.63) is 48.0 Å². The number of benzene rings is 2. The number of nitrogens with two attached hydrogens (primary N) is 1. The van der Waals surface area contributed by atoms with Crippen molar-refractivity contribution >= 4 is 10.8 Å². The molecule has 2 aromatic rings. The summed E-state index contributed by atoms with van der Waals surface area (Å²) >= 11 is 0. The molecule has 0 spiro atoms. The first kappa shape index (κ1) is 12.6. The summed E-state index contributed by atoms with van der Waals surface area (Å²) in [6, 6.07) is 15.9. The molecule has 3 rings (SSSR count). The van der Waals surface area contributed by atoms with E-state index in [4.69, 9.17) is 5.73 Å². The Hall–Kier alpha value is -1.38. The SMILES string of the molecule is CCCN1CCC(N)C1c1cccc2ccccc12. The Balaban J connectivity index is 2.07. The highest BCUT2D eigenvalue weighted by molar-refractivity contribution is 5.86. The van der Waals surface area contributed by atoms with Gasteiger partial charge in [0.05, 0.1) is 6.04 Å². The Bertz CT molecular complexity index is 557. The lowest BCUT2D eigenvalue weighted by Gasteiger charge is -2.27. The molecular weight excluding hydrogens is 232 g/mol. The normalized spacial score (nSPS) is 24.1. The van der Waals surface area contributed by atoms with E-state index in [-0.39, 0.29) is 6.04 Å². The minimum atomic E-state index is 0.261. The van der Waals surface area contributed by atoms with Gasteiger partial charge < -0.3 is 5.73 Å². The molecule has 1 aliphatic rings. The van der Waals surface area contributed by atoms with Gasteiger partial charge in [0, 0.05) is 12.6 Å². The third-order valence-electron chi connectivity index (χ3n) is 4.20. The van der Waals surface area contributed by atoms with Gasteiger partial charge in [0.2, 0.25) is 0 Å². The lowest BCUT2D eigenvalue weighted by atomic mass is 9.95. The first-order valence-electron chi connectivity index (χ1n) is 7.28. The van der Waals surface area contributed by atoms with Crippen LogP contribution in [0.15, 0.2) is 42.5 Å². The van der Waals surface area contributed by atoms with Crippen LogP contribution >= 0.6 is 0 Å². The van der Waals surface area contributed by atoms with Crippen LogP contribution in [-0.4, -0.2) is 24.0 Å². The number of rotatable bonds is 3. The quantitative estimate of drug-likeness (QED) is 0.910. The molecule has 2 atom stereocenters. The highest BCUT2D eigenvalue weighted by Crippen LogP contribution is 2.35. The predicted octanol–water partition coefficient (Wildman–Crippen LogP) is 3.32. The van der Waals surface area contributed by atoms with Gasteiger partial charge in [-0.15, -0.1) is 0 Å². The molecule has 2 N–H and O–H groups in total. The van der Waals surface area contributed by atoms with Crippen LogP contribution in [0.5, 0.6) is 0 Å². The number of nitrogens with zero attached hydrogens (tertiary/aromatic N) is 1. The molecule has 1 fully saturated rings. The highest BCUT2D eigenvalue weighted by Gasteiger charge is 2.32. The zero-order valence-electron chi connectivity index (χ0n) is 11.5. The molecule has 1 saturated heterocycles. The molecule has 1 heterocycles. The van der Waals surface area contributed by atoms with Crippen molar-refractivity contribution < 1.29 is 0 Å². The molecule has 100 valence electrons. The Morgan fingerprint density at radius 1 is 1.16 bits per heavy atom. The second-order valence-corrected chi connectivity index (χ2v) is 5.50. The second kappa shape index (κ2) is 5.32. The van der Waals surface area contributed by atoms with Crippen LogP contribution in [0.2, 0.25) is 0 Å². The van der Waals surface area contributed by atoms with Gasteiger partial charge in [-0.3, -0.25) is 4.90 Å². The number of fused-ring (bicyclic) bond motifs is 1. The maximum atomic E-state index is 6.38. The fraction of sp³-hybridized carbons (Fsp3) is 0.412. The van der Waals surface area contributed by atoms with Gasteiger partial charge in [0.25, 0.3) is 0 Å². The average molecular weight is 254 g/mol. The molecule has 0 amide bonds. The Kier molecular flexibility index (Phi) is 3.54. The average Bonchev–Trinajstić information content (AvgIpc) is 2.80. The minimum absolute atomic E-state index is 0.261. The molecule has 2 aromatic carbocycles. The van der Waals surface area contributed by atoms with Crippen LogP contribution in [0.4, 0.5) is 0 Å². The Morgan fingerprint density at radius 3 is 2.79 bits per heavy atom. The molecule has 2 heteroatoms. The zero-order valence-corrected chi connectivity index (χ0v) is 11.5. The van der Waals surface area contributed by atoms with E-state index in [2.05, 4.69) is 54.3 Å². The van der Waals surface area contributed by atoms with Crippen molar-refractivity contribution in [2.45, 2.75) is 31.8 Å². The predicted molar refractivity (Wildman–Crippen MR) is 81.1 cm³/mol. The van der Waals surface area contributed by atoms with Crippen LogP contribution in [-0.2, 0) is 0 Å². The largest absolute Gasteiger partial charge is 0.326 e. The fourth-order valence-electron chi connectivity index (χ4n) is 3.36. The summed E-state index contributed by atoms with van der Waals surface area (Å²) in [5, 5.41) is 2.67. The lowest BCUT2D eigenvalue weighted by Crippen LogP contribution is -2.32. The molecular formula is C17H22N2. The first-order chi connectivity index (χ1) is 9.31. The van der Waals surface area contributed by atoms with E-state index in [1.54, 1.807) is 0 Å². The number of likely N-dealkylation sites (tertiary alicyclic amines) is 1. The first-order valence-corrected chi connectivity index (χ1v) is 7.28. The molecule has 0 radical (unpaired) electrons. The van der Waals surface area contributed by atoms with Gasteiger partial charge in [-0.25, -0.2) is 0 Å². The maximum Gasteiger partial charge on any atom is 0.0505 e. The minimum Gasteiger partial charge on any atom is -0.326 e. The van der Waals surface area contributed by atoms with Crippen LogP contribution in [0, 0.1) is 0 Å².